The molecule has 0 saturated carbocycles. The van der Waals surface area contributed by atoms with E-state index in [0.29, 0.717) is 24.6 Å². The molecule has 166 valence electrons. The van der Waals surface area contributed by atoms with E-state index in [1.807, 2.05) is 30.4 Å². The van der Waals surface area contributed by atoms with Gasteiger partial charge in [0.05, 0.1) is 18.2 Å². The quantitative estimate of drug-likeness (QED) is 0.410. The van der Waals surface area contributed by atoms with Crippen molar-refractivity contribution in [1.29, 1.82) is 0 Å². The van der Waals surface area contributed by atoms with Gasteiger partial charge in [0.25, 0.3) is 5.91 Å². The molecule has 0 unspecified atom stereocenters. The lowest BCUT2D eigenvalue weighted by atomic mass is 10.2. The van der Waals surface area contributed by atoms with E-state index in [1.165, 1.54) is 12.1 Å². The van der Waals surface area contributed by atoms with E-state index < -0.39 is 11.7 Å². The fourth-order valence-electron chi connectivity index (χ4n) is 3.69. The summed E-state index contributed by atoms with van der Waals surface area (Å²) in [5.74, 6) is 1.17. The summed E-state index contributed by atoms with van der Waals surface area (Å²) in [4.78, 5) is 16.8. The summed E-state index contributed by atoms with van der Waals surface area (Å²) in [6, 6.07) is 9.93. The number of anilines is 1. The van der Waals surface area contributed by atoms with Gasteiger partial charge in [0, 0.05) is 13.1 Å². The molecule has 32 heavy (non-hydrogen) atoms. The lowest BCUT2D eigenvalue weighted by Crippen LogP contribution is -2.25. The van der Waals surface area contributed by atoms with Crippen LogP contribution in [0.5, 0.6) is 5.75 Å². The van der Waals surface area contributed by atoms with Crippen LogP contribution in [-0.2, 0) is 0 Å². The average molecular weight is 436 g/mol. The number of fused-ring (bicyclic) bond motifs is 3. The van der Waals surface area contributed by atoms with Gasteiger partial charge in [-0.3, -0.25) is 9.20 Å². The molecule has 4 rings (SSSR count). The largest absolute Gasteiger partial charge is 0.494 e. The Hall–Kier alpha value is -3.75. The van der Waals surface area contributed by atoms with Gasteiger partial charge in [-0.15, -0.1) is 10.2 Å². The Morgan fingerprint density at radius 1 is 1.09 bits per heavy atom. The van der Waals surface area contributed by atoms with Gasteiger partial charge in [0.2, 0.25) is 5.65 Å². The van der Waals surface area contributed by atoms with Crippen molar-refractivity contribution in [3.05, 3.63) is 59.2 Å². The fourth-order valence-corrected chi connectivity index (χ4v) is 3.69. The SMILES string of the molecule is COc1c(C)ccc2c1nc(NCCCCNC(=O)c1ccccc1F)c1nnc(C)n12. The molecule has 0 aliphatic carbocycles. The summed E-state index contributed by atoms with van der Waals surface area (Å²) in [5.41, 5.74) is 3.32. The maximum absolute atomic E-state index is 13.7. The Balaban J connectivity index is 1.42. The van der Waals surface area contributed by atoms with Gasteiger partial charge in [0.15, 0.2) is 5.82 Å². The zero-order chi connectivity index (χ0) is 22.7. The highest BCUT2D eigenvalue weighted by molar-refractivity contribution is 5.94. The van der Waals surface area contributed by atoms with Crippen molar-refractivity contribution in [2.75, 3.05) is 25.5 Å². The molecule has 0 saturated heterocycles. The summed E-state index contributed by atoms with van der Waals surface area (Å²) < 4.78 is 21.2. The predicted octanol–water partition coefficient (Wildman–Crippen LogP) is 3.66. The first kappa shape index (κ1) is 21.5. The van der Waals surface area contributed by atoms with Crippen LogP contribution in [0, 0.1) is 19.7 Å². The van der Waals surface area contributed by atoms with E-state index in [9.17, 15) is 9.18 Å². The van der Waals surface area contributed by atoms with E-state index in [2.05, 4.69) is 20.8 Å². The predicted molar refractivity (Wildman–Crippen MR) is 121 cm³/mol. The molecule has 0 fully saturated rings. The number of benzene rings is 2. The molecule has 2 N–H and O–H groups in total. The number of carbonyl (C=O) groups is 1. The number of hydrogen-bond acceptors (Lipinski definition) is 6. The Labute approximate surface area is 184 Å². The van der Waals surface area contributed by atoms with Gasteiger partial charge in [-0.2, -0.15) is 0 Å². The van der Waals surface area contributed by atoms with Crippen LogP contribution in [-0.4, -0.2) is 45.7 Å². The number of nitrogens with zero attached hydrogens (tertiary/aromatic N) is 4. The van der Waals surface area contributed by atoms with Gasteiger partial charge in [-0.25, -0.2) is 9.37 Å². The van der Waals surface area contributed by atoms with Gasteiger partial charge in [-0.05, 0) is 50.5 Å². The van der Waals surface area contributed by atoms with Gasteiger partial charge in [0.1, 0.15) is 22.9 Å². The molecule has 9 heteroatoms. The van der Waals surface area contributed by atoms with E-state index >= 15 is 0 Å². The maximum Gasteiger partial charge on any atom is 0.254 e. The number of unbranched alkanes of at least 4 members (excludes halogenated alkanes) is 1. The third-order valence-corrected chi connectivity index (χ3v) is 5.31. The first-order valence-corrected chi connectivity index (χ1v) is 10.5. The number of carbonyl (C=O) groups excluding carboxylic acids is 1. The minimum atomic E-state index is -0.521. The molecule has 0 spiro atoms. The van der Waals surface area contributed by atoms with Crippen LogP contribution < -0.4 is 15.4 Å². The maximum atomic E-state index is 13.7. The molecule has 0 radical (unpaired) electrons. The van der Waals surface area contributed by atoms with E-state index in [-0.39, 0.29) is 5.56 Å². The number of aryl methyl sites for hydroxylation is 2. The van der Waals surface area contributed by atoms with Crippen LogP contribution in [0.2, 0.25) is 0 Å². The summed E-state index contributed by atoms with van der Waals surface area (Å²) in [5, 5.41) is 14.6. The second-order valence-corrected chi connectivity index (χ2v) is 7.52. The Morgan fingerprint density at radius 3 is 2.66 bits per heavy atom. The van der Waals surface area contributed by atoms with Crippen LogP contribution in [0.15, 0.2) is 36.4 Å². The number of rotatable bonds is 8. The molecule has 2 aromatic carbocycles. The molecule has 2 heterocycles. The molecular formula is C23H25FN6O2. The third kappa shape index (κ3) is 4.05. The summed E-state index contributed by atoms with van der Waals surface area (Å²) in [6.07, 6.45) is 1.51. The minimum absolute atomic E-state index is 0.0554. The lowest BCUT2D eigenvalue weighted by Gasteiger charge is -2.13. The van der Waals surface area contributed by atoms with Crippen molar-refractivity contribution in [1.82, 2.24) is 24.9 Å². The van der Waals surface area contributed by atoms with Crippen LogP contribution in [0.3, 0.4) is 0 Å². The first-order chi connectivity index (χ1) is 15.5. The smallest absolute Gasteiger partial charge is 0.254 e. The van der Waals surface area contributed by atoms with Crippen LogP contribution >= 0.6 is 0 Å². The van der Waals surface area contributed by atoms with Crippen molar-refractivity contribution in [3.63, 3.8) is 0 Å². The zero-order valence-corrected chi connectivity index (χ0v) is 18.3. The van der Waals surface area contributed by atoms with Crippen molar-refractivity contribution in [2.45, 2.75) is 26.7 Å². The monoisotopic (exact) mass is 436 g/mol. The number of halogens is 1. The van der Waals surface area contributed by atoms with Gasteiger partial charge >= 0.3 is 0 Å². The minimum Gasteiger partial charge on any atom is -0.494 e. The Kier molecular flexibility index (Phi) is 6.16. The fraction of sp³-hybridized carbons (Fsp3) is 0.304. The molecule has 0 atom stereocenters. The Morgan fingerprint density at radius 2 is 1.88 bits per heavy atom. The normalized spacial score (nSPS) is 11.1. The Bertz CT molecular complexity index is 1290. The third-order valence-electron chi connectivity index (χ3n) is 5.31. The van der Waals surface area contributed by atoms with E-state index in [4.69, 9.17) is 9.72 Å². The first-order valence-electron chi connectivity index (χ1n) is 10.5. The number of amides is 1. The second kappa shape index (κ2) is 9.17. The van der Waals surface area contributed by atoms with Crippen molar-refractivity contribution >= 4 is 28.4 Å². The van der Waals surface area contributed by atoms with Gasteiger partial charge < -0.3 is 15.4 Å². The topological polar surface area (TPSA) is 93.4 Å². The van der Waals surface area contributed by atoms with Crippen molar-refractivity contribution < 1.29 is 13.9 Å². The van der Waals surface area contributed by atoms with Crippen LogP contribution in [0.4, 0.5) is 10.2 Å². The standard InChI is InChI=1S/C23H25FN6O2/c1-14-10-11-18-19(20(14)32-3)27-21(22-29-28-15(2)30(18)22)25-12-6-7-13-26-23(31)16-8-4-5-9-17(16)24/h4-5,8-11H,6-7,12-13H2,1-3H3,(H,25,27)(H,26,31). The molecule has 4 aromatic rings. The molecule has 1 amide bonds. The second-order valence-electron chi connectivity index (χ2n) is 7.52. The summed E-state index contributed by atoms with van der Waals surface area (Å²) >= 11 is 0. The number of nitrogens with one attached hydrogen (secondary N) is 2. The van der Waals surface area contributed by atoms with E-state index in [1.54, 1.807) is 19.2 Å². The zero-order valence-electron chi connectivity index (χ0n) is 18.3. The lowest BCUT2D eigenvalue weighted by molar-refractivity contribution is 0.0949. The van der Waals surface area contributed by atoms with Crippen molar-refractivity contribution in [3.8, 4) is 5.75 Å². The number of ether oxygens (including phenoxy) is 1. The van der Waals surface area contributed by atoms with E-state index in [0.717, 1.165) is 41.0 Å². The number of hydrogen-bond donors (Lipinski definition) is 2. The van der Waals surface area contributed by atoms with Crippen LogP contribution in [0.25, 0.3) is 16.7 Å². The molecule has 0 aliphatic rings. The molecular weight excluding hydrogens is 411 g/mol. The number of methoxy groups -OCH3 is 1. The molecule has 0 bridgehead atoms. The summed E-state index contributed by atoms with van der Waals surface area (Å²) in [6.45, 7) is 4.95. The molecule has 8 nitrogen and oxygen atoms in total. The van der Waals surface area contributed by atoms with Gasteiger partial charge in [-0.1, -0.05) is 18.2 Å². The highest BCUT2D eigenvalue weighted by atomic mass is 19.1. The highest BCUT2D eigenvalue weighted by Gasteiger charge is 2.16. The molecule has 2 aromatic heterocycles. The number of aromatic nitrogens is 4. The molecule has 0 aliphatic heterocycles. The summed E-state index contributed by atoms with van der Waals surface area (Å²) in [7, 11) is 1.63. The average Bonchev–Trinajstić information content (AvgIpc) is 3.18. The van der Waals surface area contributed by atoms with Crippen LogP contribution in [0.1, 0.15) is 34.6 Å². The van der Waals surface area contributed by atoms with Crippen molar-refractivity contribution in [2.24, 2.45) is 0 Å². The highest BCUT2D eigenvalue weighted by Crippen LogP contribution is 2.31.